The second-order valence-corrected chi connectivity index (χ2v) is 4.51. The Morgan fingerprint density at radius 1 is 0.938 bits per heavy atom. The molecule has 0 bridgehead atoms. The van der Waals surface area contributed by atoms with Crippen LogP contribution in [-0.4, -0.2) is 0 Å². The normalized spacial score (nSPS) is 11.1. The lowest BCUT2D eigenvalue weighted by atomic mass is 10.1. The molecule has 0 aliphatic heterocycles. The van der Waals surface area contributed by atoms with E-state index in [4.69, 9.17) is 0 Å². The third kappa shape index (κ3) is 5.75. The average molecular weight is 216 g/mol. The van der Waals surface area contributed by atoms with Crippen LogP contribution in [-0.2, 0) is 6.42 Å². The van der Waals surface area contributed by atoms with Crippen molar-refractivity contribution in [3.8, 4) is 0 Å². The number of hydrogen-bond donors (Lipinski definition) is 0. The van der Waals surface area contributed by atoms with Gasteiger partial charge in [-0.05, 0) is 31.7 Å². The summed E-state index contributed by atoms with van der Waals surface area (Å²) in [5.41, 5.74) is 2.75. The van der Waals surface area contributed by atoms with Gasteiger partial charge in [-0.25, -0.2) is 0 Å². The zero-order chi connectivity index (χ0) is 11.6. The Hall–Kier alpha value is -1.04. The van der Waals surface area contributed by atoms with E-state index in [0.717, 1.165) is 6.42 Å². The van der Waals surface area contributed by atoms with Gasteiger partial charge in [0.15, 0.2) is 0 Å². The quantitative estimate of drug-likeness (QED) is 0.441. The van der Waals surface area contributed by atoms with Gasteiger partial charge in [0, 0.05) is 0 Å². The minimum absolute atomic E-state index is 1.08. The van der Waals surface area contributed by atoms with Gasteiger partial charge in [-0.1, -0.05) is 68.2 Å². The molecule has 0 heterocycles. The molecular formula is C16H24. The van der Waals surface area contributed by atoms with Crippen LogP contribution in [0.2, 0.25) is 0 Å². The second kappa shape index (κ2) is 8.15. The first kappa shape index (κ1) is 13.0. The molecular weight excluding hydrogens is 192 g/mol. The van der Waals surface area contributed by atoms with Crippen LogP contribution >= 0.6 is 0 Å². The van der Waals surface area contributed by atoms with Crippen molar-refractivity contribution in [2.45, 2.75) is 52.4 Å². The molecule has 0 N–H and O–H groups in total. The molecule has 1 rings (SSSR count). The number of benzene rings is 1. The van der Waals surface area contributed by atoms with Gasteiger partial charge in [-0.2, -0.15) is 0 Å². The van der Waals surface area contributed by atoms with Gasteiger partial charge in [0.1, 0.15) is 0 Å². The maximum Gasteiger partial charge on any atom is -0.00975 e. The summed E-state index contributed by atoms with van der Waals surface area (Å²) in [6, 6.07) is 8.81. The van der Waals surface area contributed by atoms with E-state index in [1.54, 1.807) is 0 Å². The van der Waals surface area contributed by atoms with Crippen molar-refractivity contribution in [2.75, 3.05) is 0 Å². The predicted octanol–water partition coefficient (Wildman–Crippen LogP) is 5.06. The van der Waals surface area contributed by atoms with Crippen molar-refractivity contribution in [3.05, 3.63) is 47.5 Å². The van der Waals surface area contributed by atoms with E-state index in [1.807, 2.05) is 0 Å². The molecule has 88 valence electrons. The SMILES string of the molecule is CCCCCC/C=C/Cc1ccc(C)cc1. The van der Waals surface area contributed by atoms with Gasteiger partial charge in [0.05, 0.1) is 0 Å². The van der Waals surface area contributed by atoms with E-state index in [9.17, 15) is 0 Å². The summed E-state index contributed by atoms with van der Waals surface area (Å²) in [6.07, 6.45) is 12.4. The molecule has 0 aliphatic carbocycles. The Kier molecular flexibility index (Phi) is 6.64. The first-order valence-electron chi connectivity index (χ1n) is 6.53. The number of allylic oxidation sites excluding steroid dienone is 2. The Morgan fingerprint density at radius 2 is 1.69 bits per heavy atom. The molecule has 0 fully saturated rings. The molecule has 0 aliphatic rings. The largest absolute Gasteiger partial charge is 0.0882 e. The van der Waals surface area contributed by atoms with Gasteiger partial charge < -0.3 is 0 Å². The molecule has 0 spiro atoms. The Balaban J connectivity index is 2.14. The summed E-state index contributed by atoms with van der Waals surface area (Å²) in [5.74, 6) is 0. The molecule has 0 aromatic heterocycles. The van der Waals surface area contributed by atoms with Crippen molar-refractivity contribution >= 4 is 0 Å². The zero-order valence-electron chi connectivity index (χ0n) is 10.7. The van der Waals surface area contributed by atoms with Crippen LogP contribution in [0.3, 0.4) is 0 Å². The Bertz CT molecular complexity index is 292. The summed E-state index contributed by atoms with van der Waals surface area (Å²) in [4.78, 5) is 0. The summed E-state index contributed by atoms with van der Waals surface area (Å²) in [6.45, 7) is 4.39. The van der Waals surface area contributed by atoms with Crippen LogP contribution in [0.1, 0.15) is 50.2 Å². The van der Waals surface area contributed by atoms with Gasteiger partial charge in [0.2, 0.25) is 0 Å². The highest BCUT2D eigenvalue weighted by molar-refractivity contribution is 5.22. The van der Waals surface area contributed by atoms with Crippen LogP contribution in [0.15, 0.2) is 36.4 Å². The fraction of sp³-hybridized carbons (Fsp3) is 0.500. The summed E-state index contributed by atoms with van der Waals surface area (Å²) in [5, 5.41) is 0. The summed E-state index contributed by atoms with van der Waals surface area (Å²) >= 11 is 0. The van der Waals surface area contributed by atoms with Crippen molar-refractivity contribution < 1.29 is 0 Å². The van der Waals surface area contributed by atoms with Crippen molar-refractivity contribution in [1.29, 1.82) is 0 Å². The van der Waals surface area contributed by atoms with Gasteiger partial charge in [-0.15, -0.1) is 0 Å². The molecule has 1 aromatic rings. The number of hydrogen-bond acceptors (Lipinski definition) is 0. The minimum atomic E-state index is 1.08. The highest BCUT2D eigenvalue weighted by Crippen LogP contribution is 2.06. The fourth-order valence-corrected chi connectivity index (χ4v) is 1.75. The molecule has 0 radical (unpaired) electrons. The molecule has 0 amide bonds. The number of unbranched alkanes of at least 4 members (excludes halogenated alkanes) is 4. The Labute approximate surface area is 100 Å². The second-order valence-electron chi connectivity index (χ2n) is 4.51. The maximum atomic E-state index is 2.33. The van der Waals surface area contributed by atoms with E-state index < -0.39 is 0 Å². The lowest BCUT2D eigenvalue weighted by Gasteiger charge is -1.97. The molecule has 0 nitrogen and oxygen atoms in total. The monoisotopic (exact) mass is 216 g/mol. The standard InChI is InChI=1S/C16H24/c1-3-4-5-6-7-8-9-10-16-13-11-15(2)12-14-16/h8-9,11-14H,3-7,10H2,1-2H3/b9-8+. The lowest BCUT2D eigenvalue weighted by Crippen LogP contribution is -1.81. The summed E-state index contributed by atoms with van der Waals surface area (Å²) in [7, 11) is 0. The van der Waals surface area contributed by atoms with E-state index in [1.165, 1.54) is 43.2 Å². The molecule has 0 unspecified atom stereocenters. The van der Waals surface area contributed by atoms with Gasteiger partial charge in [-0.3, -0.25) is 0 Å². The molecule has 0 atom stereocenters. The van der Waals surface area contributed by atoms with Gasteiger partial charge >= 0.3 is 0 Å². The smallest absolute Gasteiger partial charge is 0.00975 e. The first-order chi connectivity index (χ1) is 7.83. The molecule has 0 heteroatoms. The summed E-state index contributed by atoms with van der Waals surface area (Å²) < 4.78 is 0. The topological polar surface area (TPSA) is 0 Å². The van der Waals surface area contributed by atoms with Crippen LogP contribution < -0.4 is 0 Å². The van der Waals surface area contributed by atoms with E-state index in [-0.39, 0.29) is 0 Å². The highest BCUT2D eigenvalue weighted by atomic mass is 13.9. The van der Waals surface area contributed by atoms with Crippen LogP contribution in [0, 0.1) is 6.92 Å². The maximum absolute atomic E-state index is 2.33. The first-order valence-corrected chi connectivity index (χ1v) is 6.53. The third-order valence-corrected chi connectivity index (χ3v) is 2.87. The molecule has 0 saturated heterocycles. The van der Waals surface area contributed by atoms with E-state index in [0.29, 0.717) is 0 Å². The predicted molar refractivity (Wildman–Crippen MR) is 72.8 cm³/mol. The highest BCUT2D eigenvalue weighted by Gasteiger charge is 1.89. The lowest BCUT2D eigenvalue weighted by molar-refractivity contribution is 0.674. The van der Waals surface area contributed by atoms with Gasteiger partial charge in [0.25, 0.3) is 0 Å². The van der Waals surface area contributed by atoms with E-state index in [2.05, 4.69) is 50.3 Å². The van der Waals surface area contributed by atoms with Crippen LogP contribution in [0.25, 0.3) is 0 Å². The fourth-order valence-electron chi connectivity index (χ4n) is 1.75. The molecule has 1 aromatic carbocycles. The minimum Gasteiger partial charge on any atom is -0.0882 e. The molecule has 16 heavy (non-hydrogen) atoms. The third-order valence-electron chi connectivity index (χ3n) is 2.87. The van der Waals surface area contributed by atoms with Crippen molar-refractivity contribution in [2.24, 2.45) is 0 Å². The number of aryl methyl sites for hydroxylation is 1. The average Bonchev–Trinajstić information content (AvgIpc) is 2.30. The number of rotatable bonds is 7. The van der Waals surface area contributed by atoms with Crippen LogP contribution in [0.4, 0.5) is 0 Å². The zero-order valence-corrected chi connectivity index (χ0v) is 10.7. The Morgan fingerprint density at radius 3 is 2.38 bits per heavy atom. The van der Waals surface area contributed by atoms with Crippen molar-refractivity contribution in [1.82, 2.24) is 0 Å². The molecule has 0 saturated carbocycles. The van der Waals surface area contributed by atoms with Crippen LogP contribution in [0.5, 0.6) is 0 Å². The van der Waals surface area contributed by atoms with E-state index >= 15 is 0 Å². The van der Waals surface area contributed by atoms with Crippen molar-refractivity contribution in [3.63, 3.8) is 0 Å².